The van der Waals surface area contributed by atoms with Gasteiger partial charge in [0.2, 0.25) is 11.8 Å². The highest BCUT2D eigenvalue weighted by atomic mass is 32.2. The number of hydrogen-bond acceptors (Lipinski definition) is 4. The third kappa shape index (κ3) is 6.98. The number of carbonyl (C=O) groups is 2. The Kier molecular flexibility index (Phi) is 9.63. The smallest absolute Gasteiger partial charge is 0.264 e. The Labute approximate surface area is 224 Å². The first-order valence-electron chi connectivity index (χ1n) is 12.5. The zero-order chi connectivity index (χ0) is 27.9. The lowest BCUT2D eigenvalue weighted by Gasteiger charge is -2.32. The number of amides is 2. The van der Waals surface area contributed by atoms with Gasteiger partial charge in [-0.15, -0.1) is 0 Å². The van der Waals surface area contributed by atoms with Crippen LogP contribution in [0.4, 0.5) is 10.1 Å². The summed E-state index contributed by atoms with van der Waals surface area (Å²) >= 11 is 0. The van der Waals surface area contributed by atoms with E-state index in [2.05, 4.69) is 5.32 Å². The third-order valence-corrected chi connectivity index (χ3v) is 8.28. The summed E-state index contributed by atoms with van der Waals surface area (Å²) in [5.74, 6) is -1.44. The van der Waals surface area contributed by atoms with Crippen molar-refractivity contribution in [3.63, 3.8) is 0 Å². The zero-order valence-electron chi connectivity index (χ0n) is 22.1. The number of para-hydroxylation sites is 1. The van der Waals surface area contributed by atoms with Crippen LogP contribution in [0.2, 0.25) is 0 Å². The van der Waals surface area contributed by atoms with E-state index in [-0.39, 0.29) is 29.1 Å². The fourth-order valence-corrected chi connectivity index (χ4v) is 5.29. The molecule has 0 aliphatic heterocycles. The van der Waals surface area contributed by atoms with Crippen LogP contribution in [-0.2, 0) is 26.2 Å². The van der Waals surface area contributed by atoms with Gasteiger partial charge in [0.05, 0.1) is 10.6 Å². The number of sulfonamides is 1. The van der Waals surface area contributed by atoms with E-state index in [1.165, 1.54) is 17.0 Å². The molecule has 0 aromatic heterocycles. The standard InChI is InChI=1S/C29H34FN3O4S/c1-5-22(3)31-29(35)23(4)32(19-24-12-10-9-11-21(24)2)28(34)20-33(26-13-7-6-8-14-26)38(36,37)27-17-15-25(30)16-18-27/h6-18,22-23H,5,19-20H2,1-4H3,(H,31,35)/t22-,23-/m1/s1. The van der Waals surface area contributed by atoms with Gasteiger partial charge in [-0.3, -0.25) is 13.9 Å². The van der Waals surface area contributed by atoms with E-state index >= 15 is 0 Å². The van der Waals surface area contributed by atoms with E-state index in [4.69, 9.17) is 0 Å². The molecule has 0 bridgehead atoms. The fourth-order valence-electron chi connectivity index (χ4n) is 3.88. The first kappa shape index (κ1) is 28.8. The number of hydrogen-bond donors (Lipinski definition) is 1. The van der Waals surface area contributed by atoms with Crippen molar-refractivity contribution in [2.75, 3.05) is 10.8 Å². The molecule has 38 heavy (non-hydrogen) atoms. The molecule has 9 heteroatoms. The van der Waals surface area contributed by atoms with Crippen molar-refractivity contribution in [3.8, 4) is 0 Å². The predicted octanol–water partition coefficient (Wildman–Crippen LogP) is 4.66. The van der Waals surface area contributed by atoms with Gasteiger partial charge in [-0.05, 0) is 74.7 Å². The van der Waals surface area contributed by atoms with Gasteiger partial charge in [-0.25, -0.2) is 12.8 Å². The number of anilines is 1. The summed E-state index contributed by atoms with van der Waals surface area (Å²) in [6.45, 7) is 6.96. The van der Waals surface area contributed by atoms with E-state index < -0.39 is 34.3 Å². The molecule has 0 saturated heterocycles. The molecule has 3 aromatic rings. The lowest BCUT2D eigenvalue weighted by Crippen LogP contribution is -2.52. The van der Waals surface area contributed by atoms with Crippen LogP contribution in [-0.4, -0.2) is 43.8 Å². The van der Waals surface area contributed by atoms with Crippen LogP contribution in [0.5, 0.6) is 0 Å². The van der Waals surface area contributed by atoms with Crippen LogP contribution < -0.4 is 9.62 Å². The lowest BCUT2D eigenvalue weighted by molar-refractivity contribution is -0.139. The Morgan fingerprint density at radius 3 is 2.13 bits per heavy atom. The van der Waals surface area contributed by atoms with Crippen molar-refractivity contribution in [2.24, 2.45) is 0 Å². The Bertz CT molecular complexity index is 1350. The molecule has 0 unspecified atom stereocenters. The van der Waals surface area contributed by atoms with Gasteiger partial charge >= 0.3 is 0 Å². The normalized spacial score (nSPS) is 12.9. The molecule has 0 fully saturated rings. The Morgan fingerprint density at radius 2 is 1.53 bits per heavy atom. The van der Waals surface area contributed by atoms with Crippen LogP contribution in [0.25, 0.3) is 0 Å². The highest BCUT2D eigenvalue weighted by molar-refractivity contribution is 7.92. The van der Waals surface area contributed by atoms with Crippen LogP contribution in [0.3, 0.4) is 0 Å². The molecule has 1 N–H and O–H groups in total. The molecule has 3 aromatic carbocycles. The second kappa shape index (κ2) is 12.7. The summed E-state index contributed by atoms with van der Waals surface area (Å²) < 4.78 is 41.8. The second-order valence-corrected chi connectivity index (χ2v) is 11.1. The van der Waals surface area contributed by atoms with Gasteiger partial charge in [0, 0.05) is 12.6 Å². The number of rotatable bonds is 11. The topological polar surface area (TPSA) is 86.8 Å². The van der Waals surface area contributed by atoms with E-state index in [1.54, 1.807) is 37.3 Å². The van der Waals surface area contributed by atoms with E-state index in [0.717, 1.165) is 34.0 Å². The number of nitrogens with one attached hydrogen (secondary N) is 1. The maximum atomic E-state index is 13.9. The average Bonchev–Trinajstić information content (AvgIpc) is 2.91. The Morgan fingerprint density at radius 1 is 0.921 bits per heavy atom. The van der Waals surface area contributed by atoms with Gasteiger partial charge in [-0.1, -0.05) is 49.4 Å². The maximum Gasteiger partial charge on any atom is 0.264 e. The molecule has 0 heterocycles. The largest absolute Gasteiger partial charge is 0.352 e. The van der Waals surface area contributed by atoms with Crippen molar-refractivity contribution < 1.29 is 22.4 Å². The summed E-state index contributed by atoms with van der Waals surface area (Å²) in [6, 6.07) is 19.3. The lowest BCUT2D eigenvalue weighted by atomic mass is 10.1. The van der Waals surface area contributed by atoms with Gasteiger partial charge in [0.15, 0.2) is 0 Å². The minimum Gasteiger partial charge on any atom is -0.352 e. The summed E-state index contributed by atoms with van der Waals surface area (Å²) in [6.07, 6.45) is 0.724. The number of benzene rings is 3. The number of halogens is 1. The molecule has 2 amide bonds. The van der Waals surface area contributed by atoms with E-state index in [1.807, 2.05) is 45.0 Å². The Balaban J connectivity index is 2.01. The molecular formula is C29H34FN3O4S. The van der Waals surface area contributed by atoms with Crippen molar-refractivity contribution >= 4 is 27.5 Å². The monoisotopic (exact) mass is 539 g/mol. The van der Waals surface area contributed by atoms with Gasteiger partial charge in [0.1, 0.15) is 18.4 Å². The van der Waals surface area contributed by atoms with Gasteiger partial charge in [0.25, 0.3) is 10.0 Å². The maximum absolute atomic E-state index is 13.9. The molecule has 3 rings (SSSR count). The summed E-state index contributed by atoms with van der Waals surface area (Å²) in [5.41, 5.74) is 2.06. The molecule has 0 aliphatic rings. The zero-order valence-corrected chi connectivity index (χ0v) is 22.9. The molecule has 0 saturated carbocycles. The van der Waals surface area contributed by atoms with Crippen LogP contribution in [0, 0.1) is 12.7 Å². The van der Waals surface area contributed by atoms with E-state index in [9.17, 15) is 22.4 Å². The molecular weight excluding hydrogens is 505 g/mol. The summed E-state index contributed by atoms with van der Waals surface area (Å²) in [7, 11) is -4.23. The molecule has 0 spiro atoms. The highest BCUT2D eigenvalue weighted by Crippen LogP contribution is 2.25. The van der Waals surface area contributed by atoms with Gasteiger partial charge < -0.3 is 10.2 Å². The SMILES string of the molecule is CC[C@@H](C)NC(=O)[C@@H](C)N(Cc1ccccc1C)C(=O)CN(c1ccccc1)S(=O)(=O)c1ccc(F)cc1. The van der Waals surface area contributed by atoms with Gasteiger partial charge in [-0.2, -0.15) is 0 Å². The minimum absolute atomic E-state index is 0.0833. The predicted molar refractivity (Wildman–Crippen MR) is 146 cm³/mol. The fraction of sp³-hybridized carbons (Fsp3) is 0.310. The summed E-state index contributed by atoms with van der Waals surface area (Å²) in [5, 5.41) is 2.91. The molecule has 0 aliphatic carbocycles. The van der Waals surface area contributed by atoms with E-state index in [0.29, 0.717) is 0 Å². The van der Waals surface area contributed by atoms with Crippen molar-refractivity contribution in [2.45, 2.75) is 57.6 Å². The first-order chi connectivity index (χ1) is 18.0. The second-order valence-electron chi connectivity index (χ2n) is 9.24. The Hall–Kier alpha value is -3.72. The van der Waals surface area contributed by atoms with Crippen LogP contribution >= 0.6 is 0 Å². The average molecular weight is 540 g/mol. The van der Waals surface area contributed by atoms with Crippen LogP contribution in [0.1, 0.15) is 38.3 Å². The van der Waals surface area contributed by atoms with Crippen molar-refractivity contribution in [3.05, 3.63) is 95.8 Å². The minimum atomic E-state index is -4.23. The van der Waals surface area contributed by atoms with Crippen molar-refractivity contribution in [1.82, 2.24) is 10.2 Å². The number of aryl methyl sites for hydroxylation is 1. The number of carbonyl (C=O) groups excluding carboxylic acids is 2. The quantitative estimate of drug-likeness (QED) is 0.384. The molecule has 202 valence electrons. The van der Waals surface area contributed by atoms with Crippen LogP contribution in [0.15, 0.2) is 83.8 Å². The third-order valence-electron chi connectivity index (χ3n) is 6.49. The molecule has 0 radical (unpaired) electrons. The summed E-state index contributed by atoms with van der Waals surface area (Å²) in [4.78, 5) is 28.2. The number of nitrogens with zero attached hydrogens (tertiary/aromatic N) is 2. The van der Waals surface area contributed by atoms with Crippen molar-refractivity contribution in [1.29, 1.82) is 0 Å². The molecule has 2 atom stereocenters. The molecule has 7 nitrogen and oxygen atoms in total. The highest BCUT2D eigenvalue weighted by Gasteiger charge is 2.32. The first-order valence-corrected chi connectivity index (χ1v) is 14.0.